The van der Waals surface area contributed by atoms with E-state index in [2.05, 4.69) is 10.3 Å². The molecule has 0 saturated carbocycles. The Morgan fingerprint density at radius 3 is 2.63 bits per heavy atom. The van der Waals surface area contributed by atoms with Gasteiger partial charge in [0.1, 0.15) is 12.4 Å². The smallest absolute Gasteiger partial charge is 0.307 e. The molecule has 0 aliphatic heterocycles. The Morgan fingerprint density at radius 2 is 2.00 bits per heavy atom. The van der Waals surface area contributed by atoms with Gasteiger partial charge in [-0.3, -0.25) is 9.59 Å². The van der Waals surface area contributed by atoms with Crippen LogP contribution in [0.15, 0.2) is 35.7 Å². The summed E-state index contributed by atoms with van der Waals surface area (Å²) in [5.74, 6) is 0.162. The first-order chi connectivity index (χ1) is 12.9. The number of rotatable bonds is 9. The minimum absolute atomic E-state index is 0.148. The van der Waals surface area contributed by atoms with Crippen molar-refractivity contribution in [1.29, 1.82) is 0 Å². The normalized spacial score (nSPS) is 11.0. The summed E-state index contributed by atoms with van der Waals surface area (Å²) in [6, 6.07) is 7.42. The highest BCUT2D eigenvalue weighted by Crippen LogP contribution is 2.16. The van der Waals surface area contributed by atoms with Crippen LogP contribution in [0.25, 0.3) is 6.08 Å². The number of hydrogen-bond acceptors (Lipinski definition) is 6. The Hall–Kier alpha value is -2.67. The lowest BCUT2D eigenvalue weighted by molar-refractivity contribution is -0.147. The van der Waals surface area contributed by atoms with Crippen molar-refractivity contribution in [3.63, 3.8) is 0 Å². The number of aromatic nitrogens is 1. The molecule has 1 amide bonds. The van der Waals surface area contributed by atoms with E-state index >= 15 is 0 Å². The molecule has 2 rings (SSSR count). The number of carbonyl (C=O) groups is 2. The summed E-state index contributed by atoms with van der Waals surface area (Å²) in [7, 11) is 0. The third kappa shape index (κ3) is 8.04. The van der Waals surface area contributed by atoms with E-state index < -0.39 is 0 Å². The fraction of sp³-hybridized carbons (Fsp3) is 0.350. The SMILES string of the molecule is Cc1nc(COc2ccc(/C=C/C(=O)NCCC(=O)OC(C)C)cc2)cs1. The molecule has 144 valence electrons. The van der Waals surface area contributed by atoms with Crippen molar-refractivity contribution < 1.29 is 19.1 Å². The molecule has 6 nitrogen and oxygen atoms in total. The lowest BCUT2D eigenvalue weighted by Gasteiger charge is -2.07. The maximum absolute atomic E-state index is 11.8. The molecule has 7 heteroatoms. The van der Waals surface area contributed by atoms with Crippen molar-refractivity contribution in [2.45, 2.75) is 39.9 Å². The average molecular weight is 388 g/mol. The van der Waals surface area contributed by atoms with E-state index in [-0.39, 0.29) is 30.9 Å². The van der Waals surface area contributed by atoms with Gasteiger partial charge in [-0.2, -0.15) is 0 Å². The molecule has 0 radical (unpaired) electrons. The fourth-order valence-corrected chi connectivity index (χ4v) is 2.74. The number of ether oxygens (including phenoxy) is 2. The summed E-state index contributed by atoms with van der Waals surface area (Å²) in [6.45, 7) is 6.21. The molecule has 0 atom stereocenters. The van der Waals surface area contributed by atoms with Crippen LogP contribution in [0, 0.1) is 6.92 Å². The summed E-state index contributed by atoms with van der Waals surface area (Å²) >= 11 is 1.60. The molecule has 0 aliphatic rings. The Morgan fingerprint density at radius 1 is 1.26 bits per heavy atom. The summed E-state index contributed by atoms with van der Waals surface area (Å²) < 4.78 is 10.7. The van der Waals surface area contributed by atoms with Gasteiger partial charge < -0.3 is 14.8 Å². The van der Waals surface area contributed by atoms with Crippen LogP contribution < -0.4 is 10.1 Å². The minimum Gasteiger partial charge on any atom is -0.487 e. The number of esters is 1. The van der Waals surface area contributed by atoms with Crippen molar-refractivity contribution in [2.24, 2.45) is 0 Å². The van der Waals surface area contributed by atoms with Crippen molar-refractivity contribution in [3.8, 4) is 5.75 Å². The van der Waals surface area contributed by atoms with Crippen LogP contribution >= 0.6 is 11.3 Å². The average Bonchev–Trinajstić information content (AvgIpc) is 3.04. The summed E-state index contributed by atoms with van der Waals surface area (Å²) in [5, 5.41) is 5.65. The maximum atomic E-state index is 11.8. The molecular weight excluding hydrogens is 364 g/mol. The van der Waals surface area contributed by atoms with E-state index in [1.807, 2.05) is 36.6 Å². The highest BCUT2D eigenvalue weighted by Gasteiger charge is 2.05. The first-order valence-electron chi connectivity index (χ1n) is 8.71. The first kappa shape index (κ1) is 20.6. The predicted molar refractivity (Wildman–Crippen MR) is 106 cm³/mol. The van der Waals surface area contributed by atoms with Gasteiger partial charge in [0.15, 0.2) is 0 Å². The molecule has 27 heavy (non-hydrogen) atoms. The van der Waals surface area contributed by atoms with E-state index in [1.54, 1.807) is 31.3 Å². The first-order valence-corrected chi connectivity index (χ1v) is 9.59. The number of nitrogens with one attached hydrogen (secondary N) is 1. The largest absolute Gasteiger partial charge is 0.487 e. The summed E-state index contributed by atoms with van der Waals surface area (Å²) in [6.07, 6.45) is 3.14. The van der Waals surface area contributed by atoms with Crippen molar-refractivity contribution in [1.82, 2.24) is 10.3 Å². The third-order valence-corrected chi connectivity index (χ3v) is 4.18. The molecular formula is C20H24N2O4S. The Bertz CT molecular complexity index is 782. The monoisotopic (exact) mass is 388 g/mol. The van der Waals surface area contributed by atoms with Gasteiger partial charge in [-0.05, 0) is 44.5 Å². The molecule has 2 aromatic rings. The van der Waals surface area contributed by atoms with E-state index in [1.165, 1.54) is 6.08 Å². The highest BCUT2D eigenvalue weighted by atomic mass is 32.1. The molecule has 1 aromatic carbocycles. The van der Waals surface area contributed by atoms with E-state index in [9.17, 15) is 9.59 Å². The second kappa shape index (κ2) is 10.5. The minimum atomic E-state index is -0.322. The number of carbonyl (C=O) groups excluding carboxylic acids is 2. The molecule has 1 N–H and O–H groups in total. The Kier molecular flexibility index (Phi) is 8.00. The standard InChI is InChI=1S/C20H24N2O4S/c1-14(2)26-20(24)10-11-21-19(23)9-6-16-4-7-18(8-5-16)25-12-17-13-27-15(3)22-17/h4-9,13-14H,10-12H2,1-3H3,(H,21,23)/b9-6+. The lowest BCUT2D eigenvalue weighted by atomic mass is 10.2. The van der Waals surface area contributed by atoms with Crippen LogP contribution in [0.2, 0.25) is 0 Å². The number of aryl methyl sites for hydroxylation is 1. The van der Waals surface area contributed by atoms with Crippen LogP contribution in [0.1, 0.15) is 36.5 Å². The third-order valence-electron chi connectivity index (χ3n) is 3.36. The fourth-order valence-electron chi connectivity index (χ4n) is 2.15. The van der Waals surface area contributed by atoms with Crippen molar-refractivity contribution in [2.75, 3.05) is 6.54 Å². The number of thiazole rings is 1. The van der Waals surface area contributed by atoms with Crippen molar-refractivity contribution in [3.05, 3.63) is 52.0 Å². The molecule has 0 fully saturated rings. The zero-order valence-electron chi connectivity index (χ0n) is 15.7. The van der Waals surface area contributed by atoms with E-state index in [4.69, 9.17) is 9.47 Å². The summed E-state index contributed by atoms with van der Waals surface area (Å²) in [5.41, 5.74) is 1.79. The molecule has 1 heterocycles. The highest BCUT2D eigenvalue weighted by molar-refractivity contribution is 7.09. The van der Waals surface area contributed by atoms with Gasteiger partial charge in [-0.1, -0.05) is 12.1 Å². The molecule has 0 saturated heterocycles. The van der Waals surface area contributed by atoms with Gasteiger partial charge >= 0.3 is 5.97 Å². The van der Waals surface area contributed by atoms with Crippen LogP contribution in [-0.2, 0) is 20.9 Å². The number of benzene rings is 1. The van der Waals surface area contributed by atoms with E-state index in [0.717, 1.165) is 22.0 Å². The van der Waals surface area contributed by atoms with Crippen LogP contribution in [0.3, 0.4) is 0 Å². The molecule has 0 bridgehead atoms. The second-order valence-corrected chi connectivity index (χ2v) is 7.19. The topological polar surface area (TPSA) is 77.5 Å². The predicted octanol–water partition coefficient (Wildman–Crippen LogP) is 3.50. The van der Waals surface area contributed by atoms with Crippen LogP contribution in [0.5, 0.6) is 5.75 Å². The van der Waals surface area contributed by atoms with Gasteiger partial charge in [0.2, 0.25) is 5.91 Å². The molecule has 0 unspecified atom stereocenters. The van der Waals surface area contributed by atoms with Gasteiger partial charge in [-0.15, -0.1) is 11.3 Å². The number of amides is 1. The number of nitrogens with zero attached hydrogens (tertiary/aromatic N) is 1. The molecule has 0 aliphatic carbocycles. The second-order valence-electron chi connectivity index (χ2n) is 6.13. The molecule has 0 spiro atoms. The zero-order valence-corrected chi connectivity index (χ0v) is 16.5. The quantitative estimate of drug-likeness (QED) is 0.525. The number of hydrogen-bond donors (Lipinski definition) is 1. The maximum Gasteiger partial charge on any atom is 0.307 e. The zero-order chi connectivity index (χ0) is 19.6. The lowest BCUT2D eigenvalue weighted by Crippen LogP contribution is -2.25. The Balaban J connectivity index is 1.72. The molecule has 1 aromatic heterocycles. The van der Waals surface area contributed by atoms with Crippen LogP contribution in [-0.4, -0.2) is 29.5 Å². The Labute approximate surface area is 163 Å². The summed E-state index contributed by atoms with van der Waals surface area (Å²) in [4.78, 5) is 27.5. The van der Waals surface area contributed by atoms with E-state index in [0.29, 0.717) is 6.61 Å². The van der Waals surface area contributed by atoms with Gasteiger partial charge in [0.25, 0.3) is 0 Å². The van der Waals surface area contributed by atoms with Gasteiger partial charge in [-0.25, -0.2) is 4.98 Å². The van der Waals surface area contributed by atoms with Gasteiger partial charge in [0, 0.05) is 18.0 Å². The van der Waals surface area contributed by atoms with Gasteiger partial charge in [0.05, 0.1) is 23.2 Å². The van der Waals surface area contributed by atoms with Crippen molar-refractivity contribution >= 4 is 29.3 Å². The van der Waals surface area contributed by atoms with Crippen LogP contribution in [0.4, 0.5) is 0 Å².